The van der Waals surface area contributed by atoms with Gasteiger partial charge in [-0.05, 0) is 29.8 Å². The fourth-order valence-corrected chi connectivity index (χ4v) is 1.88. The van der Waals surface area contributed by atoms with E-state index in [1.54, 1.807) is 12.4 Å². The minimum absolute atomic E-state index is 0.0356. The lowest BCUT2D eigenvalue weighted by atomic mass is 10.0. The van der Waals surface area contributed by atoms with E-state index in [0.29, 0.717) is 6.61 Å². The van der Waals surface area contributed by atoms with Crippen molar-refractivity contribution >= 4 is 21.9 Å². The second-order valence-electron chi connectivity index (χ2n) is 4.22. The highest BCUT2D eigenvalue weighted by Gasteiger charge is 2.32. The number of nitrogens with zero attached hydrogens (tertiary/aromatic N) is 3. The molecule has 0 radical (unpaired) electrons. The molecule has 0 unspecified atom stereocenters. The molecule has 4 nitrogen and oxygen atoms in total. The summed E-state index contributed by atoms with van der Waals surface area (Å²) in [6.07, 6.45) is 3.54. The summed E-state index contributed by atoms with van der Waals surface area (Å²) in [6.45, 7) is 6.57. The molecule has 1 aromatic heterocycles. The Morgan fingerprint density at radius 3 is 2.67 bits per heavy atom. The molecule has 0 spiro atoms. The van der Waals surface area contributed by atoms with Gasteiger partial charge in [-0.3, -0.25) is 0 Å². The molecule has 1 aliphatic rings. The monoisotopic (exact) mass is 271 g/mol. The van der Waals surface area contributed by atoms with Crippen molar-refractivity contribution in [1.82, 2.24) is 9.97 Å². The van der Waals surface area contributed by atoms with Gasteiger partial charge in [0.2, 0.25) is 5.95 Å². The first-order valence-electron chi connectivity index (χ1n) is 4.92. The van der Waals surface area contributed by atoms with E-state index in [0.717, 1.165) is 23.6 Å². The fraction of sp³-hybridized carbons (Fsp3) is 0.600. The Morgan fingerprint density at radius 2 is 2.07 bits per heavy atom. The van der Waals surface area contributed by atoms with Crippen molar-refractivity contribution in [3.8, 4) is 0 Å². The van der Waals surface area contributed by atoms with Crippen LogP contribution >= 0.6 is 15.9 Å². The Labute approximate surface area is 97.8 Å². The number of hydrogen-bond donors (Lipinski definition) is 0. The van der Waals surface area contributed by atoms with E-state index >= 15 is 0 Å². The van der Waals surface area contributed by atoms with E-state index < -0.39 is 0 Å². The van der Waals surface area contributed by atoms with Crippen LogP contribution in [0.15, 0.2) is 16.9 Å². The Balaban J connectivity index is 2.25. The van der Waals surface area contributed by atoms with E-state index in [1.807, 2.05) is 0 Å². The average Bonchev–Trinajstić information content (AvgIpc) is 2.19. The third kappa shape index (κ3) is 2.29. The van der Waals surface area contributed by atoms with Crippen LogP contribution in [0.2, 0.25) is 0 Å². The topological polar surface area (TPSA) is 38.2 Å². The van der Waals surface area contributed by atoms with Gasteiger partial charge in [-0.2, -0.15) is 0 Å². The third-order valence-electron chi connectivity index (χ3n) is 2.49. The molecule has 0 amide bonds. The van der Waals surface area contributed by atoms with Crippen LogP contribution in [0.3, 0.4) is 0 Å². The highest BCUT2D eigenvalue weighted by Crippen LogP contribution is 2.23. The summed E-state index contributed by atoms with van der Waals surface area (Å²) in [4.78, 5) is 10.8. The van der Waals surface area contributed by atoms with E-state index in [9.17, 15) is 0 Å². The van der Waals surface area contributed by atoms with Crippen molar-refractivity contribution in [2.24, 2.45) is 0 Å². The number of anilines is 1. The van der Waals surface area contributed by atoms with Gasteiger partial charge in [0.25, 0.3) is 0 Å². The van der Waals surface area contributed by atoms with Gasteiger partial charge < -0.3 is 9.64 Å². The molecular weight excluding hydrogens is 258 g/mol. The molecule has 2 rings (SSSR count). The van der Waals surface area contributed by atoms with Crippen LogP contribution in [-0.4, -0.2) is 35.3 Å². The molecular formula is C10H14BrN3O. The number of ether oxygens (including phenoxy) is 1. The molecule has 0 saturated carbocycles. The van der Waals surface area contributed by atoms with Crippen LogP contribution in [0.5, 0.6) is 0 Å². The lowest BCUT2D eigenvalue weighted by Crippen LogP contribution is -2.53. The smallest absolute Gasteiger partial charge is 0.225 e. The largest absolute Gasteiger partial charge is 0.377 e. The summed E-state index contributed by atoms with van der Waals surface area (Å²) >= 11 is 3.33. The van der Waals surface area contributed by atoms with E-state index in [2.05, 4.69) is 44.6 Å². The van der Waals surface area contributed by atoms with E-state index in [-0.39, 0.29) is 5.54 Å². The van der Waals surface area contributed by atoms with Gasteiger partial charge in [0.05, 0.1) is 23.2 Å². The number of rotatable bonds is 1. The van der Waals surface area contributed by atoms with E-state index in [1.165, 1.54) is 0 Å². The maximum absolute atomic E-state index is 5.45. The number of morpholine rings is 1. The molecule has 0 bridgehead atoms. The molecule has 82 valence electrons. The lowest BCUT2D eigenvalue weighted by Gasteiger charge is -2.42. The first-order chi connectivity index (χ1) is 7.09. The molecule has 1 fully saturated rings. The minimum Gasteiger partial charge on any atom is -0.377 e. The summed E-state index contributed by atoms with van der Waals surface area (Å²) in [7, 11) is 0. The summed E-state index contributed by atoms with van der Waals surface area (Å²) in [5, 5.41) is 0. The second-order valence-corrected chi connectivity index (χ2v) is 5.13. The number of halogens is 1. The first kappa shape index (κ1) is 10.8. The summed E-state index contributed by atoms with van der Waals surface area (Å²) in [5.41, 5.74) is -0.0356. The highest BCUT2D eigenvalue weighted by molar-refractivity contribution is 9.10. The van der Waals surface area contributed by atoms with E-state index in [4.69, 9.17) is 4.74 Å². The van der Waals surface area contributed by atoms with Gasteiger partial charge in [-0.15, -0.1) is 0 Å². The Bertz CT molecular complexity index is 339. The van der Waals surface area contributed by atoms with Crippen LogP contribution in [0.25, 0.3) is 0 Å². The maximum atomic E-state index is 5.45. The third-order valence-corrected chi connectivity index (χ3v) is 2.90. The molecule has 0 atom stereocenters. The van der Waals surface area contributed by atoms with Crippen molar-refractivity contribution in [2.45, 2.75) is 19.4 Å². The highest BCUT2D eigenvalue weighted by atomic mass is 79.9. The first-order valence-corrected chi connectivity index (χ1v) is 5.72. The number of hydrogen-bond acceptors (Lipinski definition) is 4. The van der Waals surface area contributed by atoms with Crippen molar-refractivity contribution < 1.29 is 4.74 Å². The summed E-state index contributed by atoms with van der Waals surface area (Å²) in [5.74, 6) is 0.770. The van der Waals surface area contributed by atoms with Gasteiger partial charge in [-0.25, -0.2) is 9.97 Å². The second kappa shape index (κ2) is 4.06. The van der Waals surface area contributed by atoms with Gasteiger partial charge in [0.15, 0.2) is 0 Å². The van der Waals surface area contributed by atoms with Gasteiger partial charge in [0, 0.05) is 18.9 Å². The zero-order chi connectivity index (χ0) is 10.9. The SMILES string of the molecule is CC1(C)COCCN1c1ncc(Br)cn1. The van der Waals surface area contributed by atoms with Gasteiger partial charge >= 0.3 is 0 Å². The predicted octanol–water partition coefficient (Wildman–Crippen LogP) is 1.85. The Kier molecular flexibility index (Phi) is 2.93. The van der Waals surface area contributed by atoms with Crippen molar-refractivity contribution in [1.29, 1.82) is 0 Å². The number of aromatic nitrogens is 2. The molecule has 1 saturated heterocycles. The summed E-state index contributed by atoms with van der Waals surface area (Å²) < 4.78 is 6.35. The van der Waals surface area contributed by atoms with Crippen molar-refractivity contribution in [2.75, 3.05) is 24.7 Å². The van der Waals surface area contributed by atoms with Crippen molar-refractivity contribution in [3.63, 3.8) is 0 Å². The predicted molar refractivity (Wildman–Crippen MR) is 62.0 cm³/mol. The van der Waals surface area contributed by atoms with Gasteiger partial charge in [-0.1, -0.05) is 0 Å². The van der Waals surface area contributed by atoms with Crippen LogP contribution < -0.4 is 4.90 Å². The zero-order valence-electron chi connectivity index (χ0n) is 8.90. The Morgan fingerprint density at radius 1 is 1.40 bits per heavy atom. The average molecular weight is 272 g/mol. The molecule has 1 aliphatic heterocycles. The van der Waals surface area contributed by atoms with Crippen LogP contribution in [0.1, 0.15) is 13.8 Å². The fourth-order valence-electron chi connectivity index (χ4n) is 1.67. The lowest BCUT2D eigenvalue weighted by molar-refractivity contribution is 0.0634. The molecule has 0 aliphatic carbocycles. The minimum atomic E-state index is -0.0356. The standard InChI is InChI=1S/C10H14BrN3O/c1-10(2)7-15-4-3-14(10)9-12-5-8(11)6-13-9/h5-6H,3-4,7H2,1-2H3. The molecule has 1 aromatic rings. The molecule has 0 N–H and O–H groups in total. The normalized spacial score (nSPS) is 20.3. The zero-order valence-corrected chi connectivity index (χ0v) is 10.5. The molecule has 5 heteroatoms. The Hall–Kier alpha value is -0.680. The van der Waals surface area contributed by atoms with Crippen LogP contribution in [-0.2, 0) is 4.74 Å². The van der Waals surface area contributed by atoms with Crippen LogP contribution in [0.4, 0.5) is 5.95 Å². The summed E-state index contributed by atoms with van der Waals surface area (Å²) in [6, 6.07) is 0. The quantitative estimate of drug-likeness (QED) is 0.782. The molecule has 15 heavy (non-hydrogen) atoms. The van der Waals surface area contributed by atoms with Crippen LogP contribution in [0, 0.1) is 0 Å². The molecule has 0 aromatic carbocycles. The maximum Gasteiger partial charge on any atom is 0.225 e. The van der Waals surface area contributed by atoms with Gasteiger partial charge in [0.1, 0.15) is 0 Å². The van der Waals surface area contributed by atoms with Crippen molar-refractivity contribution in [3.05, 3.63) is 16.9 Å². The molecule has 2 heterocycles.